The summed E-state index contributed by atoms with van der Waals surface area (Å²) in [4.78, 5) is 2.31. The molecule has 0 saturated heterocycles. The first kappa shape index (κ1) is 12.6. The van der Waals surface area contributed by atoms with Crippen molar-refractivity contribution in [3.05, 3.63) is 0 Å². The predicted octanol–water partition coefficient (Wildman–Crippen LogP) is 1.35. The molecular weight excluding hydrogens is 126 g/mol. The molecule has 0 amide bonds. The molecule has 64 valence electrons. The summed E-state index contributed by atoms with van der Waals surface area (Å²) in [5.74, 6) is 0. The van der Waals surface area contributed by atoms with Crippen molar-refractivity contribution in [3.63, 3.8) is 0 Å². The molecule has 1 N–H and O–H groups in total. The summed E-state index contributed by atoms with van der Waals surface area (Å²) < 4.78 is 0. The minimum absolute atomic E-state index is 0.250. The summed E-state index contributed by atoms with van der Waals surface area (Å²) in [5.41, 5.74) is 0. The highest BCUT2D eigenvalue weighted by atomic mass is 16.2. The Morgan fingerprint density at radius 1 is 1.20 bits per heavy atom. The number of hydrogen-bond donors (Lipinski definition) is 1. The Morgan fingerprint density at radius 2 is 1.60 bits per heavy atom. The number of aliphatic hydroxyl groups excluding tert-OH is 1. The van der Waals surface area contributed by atoms with Crippen LogP contribution in [0.4, 0.5) is 0 Å². The van der Waals surface area contributed by atoms with Crippen LogP contribution in [-0.2, 0) is 0 Å². The molecule has 10 heavy (non-hydrogen) atoms. The van der Waals surface area contributed by atoms with Gasteiger partial charge in [0.15, 0.2) is 0 Å². The first-order chi connectivity index (χ1) is 4.72. The van der Waals surface area contributed by atoms with Gasteiger partial charge in [-0.25, -0.2) is 0 Å². The van der Waals surface area contributed by atoms with Gasteiger partial charge in [-0.1, -0.05) is 13.8 Å². The van der Waals surface area contributed by atoms with Crippen LogP contribution in [0.3, 0.4) is 0 Å². The molecule has 0 rings (SSSR count). The van der Waals surface area contributed by atoms with Crippen LogP contribution in [0.2, 0.25) is 0 Å². The summed E-state index contributed by atoms with van der Waals surface area (Å²) in [6.07, 6.45) is 1.27. The monoisotopic (exact) mass is 147 g/mol. The third-order valence-corrected chi connectivity index (χ3v) is 1.15. The van der Waals surface area contributed by atoms with Gasteiger partial charge in [0.2, 0.25) is 0 Å². The number of hydrogen-bond acceptors (Lipinski definition) is 2. The molecule has 2 heteroatoms. The quantitative estimate of drug-likeness (QED) is 0.651. The van der Waals surface area contributed by atoms with Crippen LogP contribution >= 0.6 is 0 Å². The van der Waals surface area contributed by atoms with E-state index in [0.29, 0.717) is 0 Å². The van der Waals surface area contributed by atoms with Crippen molar-refractivity contribution in [2.75, 3.05) is 26.7 Å². The van der Waals surface area contributed by atoms with E-state index in [4.69, 9.17) is 5.11 Å². The van der Waals surface area contributed by atoms with Gasteiger partial charge < -0.3 is 10.0 Å². The van der Waals surface area contributed by atoms with E-state index in [0.717, 1.165) is 0 Å². The molecule has 0 aliphatic heterocycles. The second-order valence-electron chi connectivity index (χ2n) is 2.21. The molecule has 2 nitrogen and oxygen atoms in total. The molecule has 0 heterocycles. The van der Waals surface area contributed by atoms with Crippen molar-refractivity contribution < 1.29 is 5.11 Å². The summed E-state index contributed by atoms with van der Waals surface area (Å²) in [7, 11) is 2.14. The van der Waals surface area contributed by atoms with E-state index in [1.54, 1.807) is 6.92 Å². The average Bonchev–Trinajstić information content (AvgIpc) is 1.90. The SMILES string of the molecule is CCCN(C)CC.CCO. The fourth-order valence-electron chi connectivity index (χ4n) is 0.540. The Hall–Kier alpha value is -0.0800. The summed E-state index contributed by atoms with van der Waals surface area (Å²) in [6.45, 7) is 8.71. The molecule has 0 aromatic rings. The van der Waals surface area contributed by atoms with Crippen molar-refractivity contribution in [2.24, 2.45) is 0 Å². The molecule has 0 aromatic heterocycles. The molecule has 0 bridgehead atoms. The van der Waals surface area contributed by atoms with Crippen molar-refractivity contribution in [1.82, 2.24) is 4.90 Å². The maximum absolute atomic E-state index is 7.57. The third-order valence-electron chi connectivity index (χ3n) is 1.15. The van der Waals surface area contributed by atoms with Crippen LogP contribution in [0.5, 0.6) is 0 Å². The molecule has 0 radical (unpaired) electrons. The summed E-state index contributed by atoms with van der Waals surface area (Å²) >= 11 is 0. The van der Waals surface area contributed by atoms with Crippen molar-refractivity contribution in [2.45, 2.75) is 27.2 Å². The summed E-state index contributed by atoms with van der Waals surface area (Å²) in [6, 6.07) is 0. The molecule has 0 aromatic carbocycles. The highest BCUT2D eigenvalue weighted by molar-refractivity contribution is 4.41. The minimum atomic E-state index is 0.250. The van der Waals surface area contributed by atoms with E-state index in [2.05, 4.69) is 25.8 Å². The van der Waals surface area contributed by atoms with Gasteiger partial charge in [0.1, 0.15) is 0 Å². The first-order valence-corrected chi connectivity index (χ1v) is 4.02. The van der Waals surface area contributed by atoms with Gasteiger partial charge >= 0.3 is 0 Å². The van der Waals surface area contributed by atoms with E-state index in [9.17, 15) is 0 Å². The second-order valence-corrected chi connectivity index (χ2v) is 2.21. The highest BCUT2D eigenvalue weighted by Gasteiger charge is 1.86. The predicted molar refractivity (Wildman–Crippen MR) is 46.2 cm³/mol. The van der Waals surface area contributed by atoms with Gasteiger partial charge in [0, 0.05) is 6.61 Å². The third kappa shape index (κ3) is 15.7. The number of aliphatic hydroxyl groups is 1. The number of nitrogens with zero attached hydrogens (tertiary/aromatic N) is 1. The molecular formula is C8H21NO. The Balaban J connectivity index is 0. The molecule has 0 atom stereocenters. The maximum atomic E-state index is 7.57. The lowest BCUT2D eigenvalue weighted by Crippen LogP contribution is -2.17. The zero-order chi connectivity index (χ0) is 8.41. The second kappa shape index (κ2) is 11.7. The van der Waals surface area contributed by atoms with E-state index in [1.165, 1.54) is 19.5 Å². The van der Waals surface area contributed by atoms with Crippen molar-refractivity contribution in [1.29, 1.82) is 0 Å². The van der Waals surface area contributed by atoms with Crippen LogP contribution in [0.25, 0.3) is 0 Å². The van der Waals surface area contributed by atoms with Gasteiger partial charge in [0.25, 0.3) is 0 Å². The smallest absolute Gasteiger partial charge is 0.0402 e. The Kier molecular flexibility index (Phi) is 14.7. The van der Waals surface area contributed by atoms with Crippen LogP contribution in [0.15, 0.2) is 0 Å². The molecule has 0 unspecified atom stereocenters. The lowest BCUT2D eigenvalue weighted by molar-refractivity contribution is 0.318. The van der Waals surface area contributed by atoms with E-state index < -0.39 is 0 Å². The Bertz CT molecular complexity index is 48.5. The van der Waals surface area contributed by atoms with Crippen LogP contribution in [0.1, 0.15) is 27.2 Å². The molecule has 0 saturated carbocycles. The van der Waals surface area contributed by atoms with Crippen LogP contribution in [0, 0.1) is 0 Å². The largest absolute Gasteiger partial charge is 0.397 e. The van der Waals surface area contributed by atoms with Gasteiger partial charge in [-0.2, -0.15) is 0 Å². The summed E-state index contributed by atoms with van der Waals surface area (Å²) in [5, 5.41) is 7.57. The van der Waals surface area contributed by atoms with Crippen molar-refractivity contribution >= 4 is 0 Å². The van der Waals surface area contributed by atoms with E-state index in [1.807, 2.05) is 0 Å². The standard InChI is InChI=1S/C6H15N.C2H6O/c1-4-6-7(3)5-2;1-2-3/h4-6H2,1-3H3;3H,2H2,1H3. The zero-order valence-electron chi connectivity index (χ0n) is 7.72. The fourth-order valence-corrected chi connectivity index (χ4v) is 0.540. The van der Waals surface area contributed by atoms with Gasteiger partial charge in [0.05, 0.1) is 0 Å². The lowest BCUT2D eigenvalue weighted by Gasteiger charge is -2.10. The van der Waals surface area contributed by atoms with Crippen LogP contribution < -0.4 is 0 Å². The lowest BCUT2D eigenvalue weighted by atomic mass is 10.4. The Labute approximate surface area is 64.9 Å². The van der Waals surface area contributed by atoms with E-state index in [-0.39, 0.29) is 6.61 Å². The Morgan fingerprint density at radius 3 is 1.70 bits per heavy atom. The van der Waals surface area contributed by atoms with Gasteiger partial charge in [-0.3, -0.25) is 0 Å². The molecule has 0 fully saturated rings. The minimum Gasteiger partial charge on any atom is -0.397 e. The molecule has 0 spiro atoms. The fraction of sp³-hybridized carbons (Fsp3) is 1.00. The molecule has 0 aliphatic rings. The number of rotatable bonds is 3. The van der Waals surface area contributed by atoms with Gasteiger partial charge in [-0.15, -0.1) is 0 Å². The zero-order valence-corrected chi connectivity index (χ0v) is 7.72. The topological polar surface area (TPSA) is 23.5 Å². The van der Waals surface area contributed by atoms with Crippen LogP contribution in [-0.4, -0.2) is 36.8 Å². The first-order valence-electron chi connectivity index (χ1n) is 4.02. The maximum Gasteiger partial charge on any atom is 0.0402 e. The normalized spacial score (nSPS) is 9.00. The highest BCUT2D eigenvalue weighted by Crippen LogP contribution is 1.82. The van der Waals surface area contributed by atoms with Gasteiger partial charge in [-0.05, 0) is 33.5 Å². The molecule has 0 aliphatic carbocycles. The van der Waals surface area contributed by atoms with E-state index >= 15 is 0 Å². The van der Waals surface area contributed by atoms with Crippen molar-refractivity contribution in [3.8, 4) is 0 Å². The average molecular weight is 147 g/mol.